The fourth-order valence-corrected chi connectivity index (χ4v) is 3.15. The molecule has 0 fully saturated rings. The molecule has 1 atom stereocenters. The Morgan fingerprint density at radius 2 is 1.96 bits per heavy atom. The third kappa shape index (κ3) is 5.60. The van der Waals surface area contributed by atoms with E-state index in [1.807, 2.05) is 24.3 Å². The number of nitrogens with one attached hydrogen (secondary N) is 2. The second-order valence-corrected chi connectivity index (χ2v) is 7.22. The van der Waals surface area contributed by atoms with Crippen LogP contribution in [0.5, 0.6) is 5.75 Å². The first kappa shape index (κ1) is 20.0. The van der Waals surface area contributed by atoms with Gasteiger partial charge in [0.05, 0.1) is 6.04 Å². The van der Waals surface area contributed by atoms with Crippen molar-refractivity contribution in [1.82, 2.24) is 5.32 Å². The van der Waals surface area contributed by atoms with Crippen molar-refractivity contribution in [3.63, 3.8) is 0 Å². The van der Waals surface area contributed by atoms with Crippen LogP contribution in [0.15, 0.2) is 55.1 Å². The molecule has 0 radical (unpaired) electrons. The zero-order valence-corrected chi connectivity index (χ0v) is 16.8. The van der Waals surface area contributed by atoms with Gasteiger partial charge in [-0.25, -0.2) is 0 Å². The summed E-state index contributed by atoms with van der Waals surface area (Å²) < 4.78 is 5.57. The van der Waals surface area contributed by atoms with Crippen LogP contribution in [0.25, 0.3) is 0 Å². The highest BCUT2D eigenvalue weighted by molar-refractivity contribution is 7.80. The lowest BCUT2D eigenvalue weighted by molar-refractivity contribution is 0.363. The van der Waals surface area contributed by atoms with Crippen molar-refractivity contribution in [3.05, 3.63) is 71.8 Å². The van der Waals surface area contributed by atoms with Gasteiger partial charge in [-0.2, -0.15) is 0 Å². The molecule has 0 aliphatic heterocycles. The number of hydrogen-bond donors (Lipinski definition) is 2. The van der Waals surface area contributed by atoms with Crippen molar-refractivity contribution >= 4 is 23.0 Å². The predicted molar refractivity (Wildman–Crippen MR) is 115 cm³/mol. The van der Waals surface area contributed by atoms with E-state index in [-0.39, 0.29) is 6.04 Å². The molecule has 0 amide bonds. The Hall–Kier alpha value is -2.33. The van der Waals surface area contributed by atoms with Gasteiger partial charge in [0.15, 0.2) is 5.11 Å². The first-order valence-corrected chi connectivity index (χ1v) is 9.30. The highest BCUT2D eigenvalue weighted by Crippen LogP contribution is 2.26. The zero-order valence-electron chi connectivity index (χ0n) is 16.0. The van der Waals surface area contributed by atoms with E-state index in [2.05, 4.69) is 63.1 Å². The van der Waals surface area contributed by atoms with Gasteiger partial charge in [0.2, 0.25) is 0 Å². The van der Waals surface area contributed by atoms with Gasteiger partial charge >= 0.3 is 0 Å². The van der Waals surface area contributed by atoms with Gasteiger partial charge < -0.3 is 15.4 Å². The van der Waals surface area contributed by atoms with Crippen LogP contribution in [-0.4, -0.2) is 11.7 Å². The molecule has 0 aliphatic carbocycles. The van der Waals surface area contributed by atoms with Crippen molar-refractivity contribution < 1.29 is 4.74 Å². The first-order chi connectivity index (χ1) is 12.4. The summed E-state index contributed by atoms with van der Waals surface area (Å²) in [6.45, 7) is 12.8. The molecule has 26 heavy (non-hydrogen) atoms. The van der Waals surface area contributed by atoms with E-state index >= 15 is 0 Å². The Morgan fingerprint density at radius 3 is 2.62 bits per heavy atom. The van der Waals surface area contributed by atoms with Gasteiger partial charge in [-0.3, -0.25) is 0 Å². The average molecular weight is 369 g/mol. The van der Waals surface area contributed by atoms with Crippen LogP contribution in [0.2, 0.25) is 0 Å². The number of aryl methyl sites for hydroxylation is 2. The van der Waals surface area contributed by atoms with Crippen molar-refractivity contribution in [2.45, 2.75) is 33.7 Å². The predicted octanol–water partition coefficient (Wildman–Crippen LogP) is 5.55. The molecule has 0 unspecified atom stereocenters. The molecule has 2 N–H and O–H groups in total. The van der Waals surface area contributed by atoms with Gasteiger partial charge in [-0.15, -0.1) is 0 Å². The van der Waals surface area contributed by atoms with Crippen LogP contribution >= 0.6 is 12.2 Å². The van der Waals surface area contributed by atoms with Crippen molar-refractivity contribution in [3.8, 4) is 5.75 Å². The first-order valence-electron chi connectivity index (χ1n) is 8.89. The molecular weight excluding hydrogens is 340 g/mol. The molecule has 0 aliphatic rings. The summed E-state index contributed by atoms with van der Waals surface area (Å²) in [6, 6.07) is 14.4. The van der Waals surface area contributed by atoms with E-state index in [0.29, 0.717) is 17.6 Å². The summed E-state index contributed by atoms with van der Waals surface area (Å²) in [7, 11) is 0. The van der Waals surface area contributed by atoms with Crippen LogP contribution in [0, 0.1) is 19.8 Å². The summed E-state index contributed by atoms with van der Waals surface area (Å²) in [5, 5.41) is 7.33. The third-order valence-electron chi connectivity index (χ3n) is 4.17. The lowest BCUT2D eigenvalue weighted by atomic mass is 9.92. The van der Waals surface area contributed by atoms with Gasteiger partial charge in [0.25, 0.3) is 0 Å². The maximum absolute atomic E-state index is 5.57. The SMILES string of the molecule is C=CCOc1cccc(NC(=S)N[C@@H](c2ccc(C)cc2C)C(C)C)c1. The van der Waals surface area contributed by atoms with Crippen molar-refractivity contribution in [1.29, 1.82) is 0 Å². The standard InChI is InChI=1S/C22H28N2OS/c1-6-12-25-19-9-7-8-18(14-19)23-22(26)24-21(15(2)3)20-11-10-16(4)13-17(20)5/h6-11,13-15,21H,1,12H2,2-5H3,(H2,23,24,26)/t21-/m1/s1. The van der Waals surface area contributed by atoms with E-state index in [1.165, 1.54) is 16.7 Å². The van der Waals surface area contributed by atoms with Crippen LogP contribution in [0.4, 0.5) is 5.69 Å². The van der Waals surface area contributed by atoms with Gasteiger partial charge in [0.1, 0.15) is 12.4 Å². The van der Waals surface area contributed by atoms with Gasteiger partial charge in [0, 0.05) is 11.8 Å². The maximum Gasteiger partial charge on any atom is 0.171 e. The number of rotatable bonds is 7. The molecule has 3 nitrogen and oxygen atoms in total. The number of anilines is 1. The van der Waals surface area contributed by atoms with Crippen molar-refractivity contribution in [2.24, 2.45) is 5.92 Å². The molecule has 0 saturated carbocycles. The lowest BCUT2D eigenvalue weighted by Crippen LogP contribution is -2.35. The minimum Gasteiger partial charge on any atom is -0.489 e. The highest BCUT2D eigenvalue weighted by Gasteiger charge is 2.18. The largest absolute Gasteiger partial charge is 0.489 e. The lowest BCUT2D eigenvalue weighted by Gasteiger charge is -2.26. The monoisotopic (exact) mass is 368 g/mol. The van der Waals surface area contributed by atoms with Crippen LogP contribution < -0.4 is 15.4 Å². The Kier molecular flexibility index (Phi) is 7.22. The fraction of sp³-hybridized carbons (Fsp3) is 0.318. The molecule has 4 heteroatoms. The second-order valence-electron chi connectivity index (χ2n) is 6.81. The molecule has 2 aromatic rings. The average Bonchev–Trinajstić information content (AvgIpc) is 2.58. The zero-order chi connectivity index (χ0) is 19.1. The minimum absolute atomic E-state index is 0.149. The van der Waals surface area contributed by atoms with E-state index in [0.717, 1.165) is 11.4 Å². The summed E-state index contributed by atoms with van der Waals surface area (Å²) in [5.41, 5.74) is 4.72. The number of hydrogen-bond acceptors (Lipinski definition) is 2. The van der Waals surface area contributed by atoms with Crippen LogP contribution in [0.1, 0.15) is 36.6 Å². The highest BCUT2D eigenvalue weighted by atomic mass is 32.1. The Labute approximate surface area is 162 Å². The fourth-order valence-electron chi connectivity index (χ4n) is 2.91. The van der Waals surface area contributed by atoms with Crippen molar-refractivity contribution in [2.75, 3.05) is 11.9 Å². The Balaban J connectivity index is 2.09. The summed E-state index contributed by atoms with van der Waals surface area (Å²) in [6.07, 6.45) is 1.73. The molecule has 0 spiro atoms. The second kappa shape index (κ2) is 9.39. The minimum atomic E-state index is 0.149. The molecule has 0 aromatic heterocycles. The molecule has 0 bridgehead atoms. The van der Waals surface area contributed by atoms with E-state index in [9.17, 15) is 0 Å². The topological polar surface area (TPSA) is 33.3 Å². The van der Waals surface area contributed by atoms with Gasteiger partial charge in [-0.05, 0) is 55.2 Å². The normalized spacial score (nSPS) is 11.7. The van der Waals surface area contributed by atoms with E-state index < -0.39 is 0 Å². The molecule has 138 valence electrons. The summed E-state index contributed by atoms with van der Waals surface area (Å²) in [4.78, 5) is 0. The smallest absolute Gasteiger partial charge is 0.171 e. The molecule has 2 aromatic carbocycles. The van der Waals surface area contributed by atoms with Crippen LogP contribution in [-0.2, 0) is 0 Å². The number of ether oxygens (including phenoxy) is 1. The Morgan fingerprint density at radius 1 is 1.19 bits per heavy atom. The molecular formula is C22H28N2OS. The number of benzene rings is 2. The summed E-state index contributed by atoms with van der Waals surface area (Å²) in [5.74, 6) is 1.19. The quantitative estimate of drug-likeness (QED) is 0.496. The van der Waals surface area contributed by atoms with Gasteiger partial charge in [-0.1, -0.05) is 56.3 Å². The molecule has 2 rings (SSSR count). The Bertz CT molecular complexity index is 770. The third-order valence-corrected chi connectivity index (χ3v) is 4.39. The van der Waals surface area contributed by atoms with Crippen LogP contribution in [0.3, 0.4) is 0 Å². The van der Waals surface area contributed by atoms with E-state index in [1.54, 1.807) is 6.08 Å². The maximum atomic E-state index is 5.57. The molecule has 0 heterocycles. The molecule has 0 saturated heterocycles. The summed E-state index contributed by atoms with van der Waals surface area (Å²) >= 11 is 5.55. The van der Waals surface area contributed by atoms with E-state index in [4.69, 9.17) is 17.0 Å². The number of thiocarbonyl (C=S) groups is 1.